The monoisotopic (exact) mass is 535 g/mol. The maximum Gasteiger partial charge on any atom is 0.293 e. The van der Waals surface area contributed by atoms with Gasteiger partial charge in [0.2, 0.25) is 0 Å². The fourth-order valence-corrected chi connectivity index (χ4v) is 4.27. The Labute approximate surface area is 220 Å². The SMILES string of the molecule is O=C(NC(=S)Nc1ccc(N2C(=O)c3ccccc3C2=O)cc1Cl)c1ccc(-c2ccc(Cl)cc2)o1. The summed E-state index contributed by atoms with van der Waals surface area (Å²) in [4.78, 5) is 39.1. The molecule has 1 aliphatic rings. The van der Waals surface area contributed by atoms with Gasteiger partial charge in [0.15, 0.2) is 10.9 Å². The van der Waals surface area contributed by atoms with Crippen molar-refractivity contribution in [2.24, 2.45) is 0 Å². The molecule has 0 saturated heterocycles. The van der Waals surface area contributed by atoms with E-state index in [2.05, 4.69) is 10.6 Å². The van der Waals surface area contributed by atoms with Crippen LogP contribution in [0.4, 0.5) is 11.4 Å². The molecule has 1 aromatic heterocycles. The van der Waals surface area contributed by atoms with Gasteiger partial charge in [0.25, 0.3) is 17.7 Å². The summed E-state index contributed by atoms with van der Waals surface area (Å²) in [5.41, 5.74) is 2.13. The Bertz CT molecular complexity index is 1510. The Morgan fingerprint density at radius 2 is 1.53 bits per heavy atom. The molecule has 0 aliphatic carbocycles. The van der Waals surface area contributed by atoms with Gasteiger partial charge in [-0.3, -0.25) is 19.7 Å². The number of carbonyl (C=O) groups excluding carboxylic acids is 3. The predicted octanol–water partition coefficient (Wildman–Crippen LogP) is 6.18. The number of nitrogens with one attached hydrogen (secondary N) is 2. The molecule has 178 valence electrons. The van der Waals surface area contributed by atoms with Gasteiger partial charge in [-0.1, -0.05) is 35.3 Å². The lowest BCUT2D eigenvalue weighted by molar-refractivity contribution is 0.0922. The molecule has 0 radical (unpaired) electrons. The topological polar surface area (TPSA) is 91.7 Å². The minimum Gasteiger partial charge on any atom is -0.451 e. The van der Waals surface area contributed by atoms with Crippen LogP contribution in [0.5, 0.6) is 0 Å². The summed E-state index contributed by atoms with van der Waals surface area (Å²) < 4.78 is 5.63. The van der Waals surface area contributed by atoms with Crippen molar-refractivity contribution < 1.29 is 18.8 Å². The molecule has 0 spiro atoms. The van der Waals surface area contributed by atoms with Crippen LogP contribution in [-0.4, -0.2) is 22.8 Å². The average Bonchev–Trinajstić information content (AvgIpc) is 3.45. The molecule has 7 nitrogen and oxygen atoms in total. The standard InChI is InChI=1S/C26H15Cl2N3O4S/c27-15-7-5-14(6-8-15)21-11-12-22(35-21)23(32)30-26(36)29-20-10-9-16(13-19(20)28)31-24(33)17-3-1-2-4-18(17)25(31)34/h1-13H,(H2,29,30,32,36). The number of benzene rings is 3. The summed E-state index contributed by atoms with van der Waals surface area (Å²) in [5.74, 6) is -0.830. The van der Waals surface area contributed by atoms with E-state index in [-0.39, 0.29) is 15.9 Å². The zero-order valence-electron chi connectivity index (χ0n) is 18.2. The van der Waals surface area contributed by atoms with Crippen molar-refractivity contribution in [1.82, 2.24) is 5.32 Å². The van der Waals surface area contributed by atoms with Crippen molar-refractivity contribution in [2.75, 3.05) is 10.2 Å². The van der Waals surface area contributed by atoms with E-state index in [1.807, 2.05) is 0 Å². The highest BCUT2D eigenvalue weighted by Crippen LogP contribution is 2.33. The lowest BCUT2D eigenvalue weighted by Crippen LogP contribution is -2.34. The number of hydrogen-bond acceptors (Lipinski definition) is 5. The summed E-state index contributed by atoms with van der Waals surface area (Å²) in [5, 5.41) is 6.14. The summed E-state index contributed by atoms with van der Waals surface area (Å²) in [6.45, 7) is 0. The van der Waals surface area contributed by atoms with Crippen LogP contribution in [0.1, 0.15) is 31.3 Å². The molecule has 3 amide bonds. The normalized spacial score (nSPS) is 12.4. The third-order valence-electron chi connectivity index (χ3n) is 5.44. The number of imide groups is 1. The molecule has 2 N–H and O–H groups in total. The minimum absolute atomic E-state index is 0.0141. The third kappa shape index (κ3) is 4.49. The Morgan fingerprint density at radius 1 is 0.861 bits per heavy atom. The predicted molar refractivity (Wildman–Crippen MR) is 142 cm³/mol. The highest BCUT2D eigenvalue weighted by Gasteiger charge is 2.36. The minimum atomic E-state index is -0.550. The fraction of sp³-hybridized carbons (Fsp3) is 0. The Balaban J connectivity index is 1.25. The van der Waals surface area contributed by atoms with Gasteiger partial charge >= 0.3 is 0 Å². The number of halogens is 2. The number of carbonyl (C=O) groups is 3. The first-order chi connectivity index (χ1) is 17.3. The van der Waals surface area contributed by atoms with E-state index in [1.165, 1.54) is 12.1 Å². The fourth-order valence-electron chi connectivity index (χ4n) is 3.72. The molecule has 36 heavy (non-hydrogen) atoms. The molecule has 0 unspecified atom stereocenters. The lowest BCUT2D eigenvalue weighted by atomic mass is 10.1. The molecule has 0 atom stereocenters. The zero-order valence-corrected chi connectivity index (χ0v) is 20.6. The summed E-state index contributed by atoms with van der Waals surface area (Å²) >= 11 is 17.5. The van der Waals surface area contributed by atoms with Gasteiger partial charge < -0.3 is 9.73 Å². The number of fused-ring (bicyclic) bond motifs is 1. The van der Waals surface area contributed by atoms with Gasteiger partial charge in [-0.05, 0) is 78.9 Å². The van der Waals surface area contributed by atoms with Crippen LogP contribution in [0.3, 0.4) is 0 Å². The van der Waals surface area contributed by atoms with Crippen LogP contribution in [-0.2, 0) is 0 Å². The first-order valence-corrected chi connectivity index (χ1v) is 11.7. The Morgan fingerprint density at radius 3 is 2.17 bits per heavy atom. The number of furan rings is 1. The Kier molecular flexibility index (Phi) is 6.32. The van der Waals surface area contributed by atoms with Crippen LogP contribution in [0.2, 0.25) is 10.0 Å². The van der Waals surface area contributed by atoms with Crippen LogP contribution < -0.4 is 15.5 Å². The van der Waals surface area contributed by atoms with Gasteiger partial charge in [-0.15, -0.1) is 0 Å². The second-order valence-electron chi connectivity index (χ2n) is 7.73. The third-order valence-corrected chi connectivity index (χ3v) is 6.21. The highest BCUT2D eigenvalue weighted by molar-refractivity contribution is 7.80. The summed E-state index contributed by atoms with van der Waals surface area (Å²) in [6, 6.07) is 21.4. The van der Waals surface area contributed by atoms with Crippen LogP contribution in [0.15, 0.2) is 83.3 Å². The van der Waals surface area contributed by atoms with E-state index >= 15 is 0 Å². The molecule has 2 heterocycles. The molecule has 3 aromatic carbocycles. The first kappa shape index (κ1) is 23.7. The number of rotatable bonds is 4. The second kappa shape index (κ2) is 9.58. The van der Waals surface area contributed by atoms with Gasteiger partial charge in [0, 0.05) is 10.6 Å². The van der Waals surface area contributed by atoms with Crippen LogP contribution in [0.25, 0.3) is 11.3 Å². The molecule has 0 bridgehead atoms. The maximum atomic E-state index is 12.7. The molecule has 5 rings (SSSR count). The van der Waals surface area contributed by atoms with Gasteiger partial charge in [-0.25, -0.2) is 4.90 Å². The van der Waals surface area contributed by atoms with Crippen molar-refractivity contribution in [3.63, 3.8) is 0 Å². The molecule has 1 aliphatic heterocycles. The molecule has 10 heteroatoms. The van der Waals surface area contributed by atoms with Crippen LogP contribution >= 0.6 is 35.4 Å². The largest absolute Gasteiger partial charge is 0.451 e. The molecule has 4 aromatic rings. The van der Waals surface area contributed by atoms with Gasteiger partial charge in [-0.2, -0.15) is 0 Å². The van der Waals surface area contributed by atoms with E-state index in [1.54, 1.807) is 66.7 Å². The zero-order chi connectivity index (χ0) is 25.4. The molecular weight excluding hydrogens is 521 g/mol. The van der Waals surface area contributed by atoms with E-state index < -0.39 is 17.7 Å². The average molecular weight is 536 g/mol. The second-order valence-corrected chi connectivity index (χ2v) is 8.99. The van der Waals surface area contributed by atoms with Gasteiger partial charge in [0.1, 0.15) is 5.76 Å². The van der Waals surface area contributed by atoms with E-state index in [0.29, 0.717) is 33.3 Å². The van der Waals surface area contributed by atoms with E-state index in [0.717, 1.165) is 10.5 Å². The maximum absolute atomic E-state index is 12.7. The highest BCUT2D eigenvalue weighted by atomic mass is 35.5. The first-order valence-electron chi connectivity index (χ1n) is 10.6. The number of thiocarbonyl (C=S) groups is 1. The number of nitrogens with zero attached hydrogens (tertiary/aromatic N) is 1. The van der Waals surface area contributed by atoms with E-state index in [9.17, 15) is 14.4 Å². The van der Waals surface area contributed by atoms with Gasteiger partial charge in [0.05, 0.1) is 27.5 Å². The number of hydrogen-bond donors (Lipinski definition) is 2. The molecular formula is C26H15Cl2N3O4S. The lowest BCUT2D eigenvalue weighted by Gasteiger charge is -2.16. The molecule has 0 fully saturated rings. The van der Waals surface area contributed by atoms with Crippen molar-refractivity contribution in [1.29, 1.82) is 0 Å². The van der Waals surface area contributed by atoms with Crippen molar-refractivity contribution in [2.45, 2.75) is 0 Å². The summed E-state index contributed by atoms with van der Waals surface area (Å²) in [7, 11) is 0. The quantitative estimate of drug-likeness (QED) is 0.239. The van der Waals surface area contributed by atoms with Crippen molar-refractivity contribution >= 4 is 69.6 Å². The summed E-state index contributed by atoms with van der Waals surface area (Å²) in [6.07, 6.45) is 0. The molecule has 0 saturated carbocycles. The van der Waals surface area contributed by atoms with Crippen LogP contribution in [0, 0.1) is 0 Å². The van der Waals surface area contributed by atoms with Crippen molar-refractivity contribution in [3.8, 4) is 11.3 Å². The smallest absolute Gasteiger partial charge is 0.293 e. The van der Waals surface area contributed by atoms with E-state index in [4.69, 9.17) is 39.8 Å². The number of anilines is 2. The van der Waals surface area contributed by atoms with Crippen molar-refractivity contribution in [3.05, 3.63) is 106 Å². The number of amides is 3. The Hall–Kier alpha value is -3.98.